The Hall–Kier alpha value is -3.98. The topological polar surface area (TPSA) is 151 Å². The highest BCUT2D eigenvalue weighted by Gasteiger charge is 2.23. The number of fused-ring (bicyclic) bond motifs is 1. The Morgan fingerprint density at radius 1 is 0.711 bits per heavy atom. The Labute approximate surface area is 226 Å². The summed E-state index contributed by atoms with van der Waals surface area (Å²) in [5, 5.41) is 3.20. The van der Waals surface area contributed by atoms with E-state index >= 15 is 0 Å². The second-order valence-electron chi connectivity index (χ2n) is 7.92. The average molecular weight is 587 g/mol. The molecule has 14 heteroatoms. The highest BCUT2D eigenvalue weighted by molar-refractivity contribution is 7.95. The van der Waals surface area contributed by atoms with Crippen molar-refractivity contribution in [1.29, 1.82) is 0 Å². The fourth-order valence-electron chi connectivity index (χ4n) is 3.64. The van der Waals surface area contributed by atoms with E-state index in [-0.39, 0.29) is 31.1 Å². The minimum atomic E-state index is -3.98. The molecular formula is C24H18N4O6S4. The van der Waals surface area contributed by atoms with Crippen LogP contribution in [-0.2, 0) is 20.0 Å². The van der Waals surface area contributed by atoms with Crippen LogP contribution >= 0.6 is 22.7 Å². The van der Waals surface area contributed by atoms with E-state index in [2.05, 4.69) is 20.3 Å². The fraction of sp³-hybridized carbons (Fsp3) is 0. The lowest BCUT2D eigenvalue weighted by molar-refractivity contribution is 0.0941. The Morgan fingerprint density at radius 3 is 1.79 bits per heavy atom. The van der Waals surface area contributed by atoms with Crippen molar-refractivity contribution in [1.82, 2.24) is 10.9 Å². The van der Waals surface area contributed by atoms with Gasteiger partial charge in [-0.1, -0.05) is 36.4 Å². The largest absolute Gasteiger partial charge is 0.298 e. The quantitative estimate of drug-likeness (QED) is 0.217. The van der Waals surface area contributed by atoms with E-state index in [9.17, 15) is 26.4 Å². The molecule has 0 fully saturated rings. The van der Waals surface area contributed by atoms with Gasteiger partial charge < -0.3 is 0 Å². The van der Waals surface area contributed by atoms with Crippen molar-refractivity contribution in [2.24, 2.45) is 0 Å². The summed E-state index contributed by atoms with van der Waals surface area (Å²) in [6, 6.07) is 16.7. The zero-order valence-corrected chi connectivity index (χ0v) is 22.4. The van der Waals surface area contributed by atoms with Gasteiger partial charge in [-0.05, 0) is 41.1 Å². The van der Waals surface area contributed by atoms with Gasteiger partial charge in [-0.15, -0.1) is 22.7 Å². The molecular weight excluding hydrogens is 569 g/mol. The van der Waals surface area contributed by atoms with Gasteiger partial charge in [0, 0.05) is 22.8 Å². The van der Waals surface area contributed by atoms with Crippen molar-refractivity contribution in [3.63, 3.8) is 0 Å². The van der Waals surface area contributed by atoms with Gasteiger partial charge in [-0.3, -0.25) is 29.9 Å². The van der Waals surface area contributed by atoms with Crippen LogP contribution in [-0.4, -0.2) is 28.5 Å². The molecule has 0 spiro atoms. The number of thiophene rings is 2. The Kier molecular flexibility index (Phi) is 6.79. The molecule has 194 valence electrons. The maximum atomic E-state index is 13.1. The zero-order valence-electron chi connectivity index (χ0n) is 19.2. The SMILES string of the molecule is O=C(NNC1=CC(=O)c2ccccc21)c1cc(NS(=O)(=O)c2cccs2)cc(NS(=O)(=O)c2cccs2)c1. The summed E-state index contributed by atoms with van der Waals surface area (Å²) >= 11 is 2.01. The monoisotopic (exact) mass is 586 g/mol. The zero-order chi connectivity index (χ0) is 26.9. The molecule has 1 aliphatic rings. The van der Waals surface area contributed by atoms with Crippen LogP contribution in [0.15, 0.2) is 92.0 Å². The predicted octanol–water partition coefficient (Wildman–Crippen LogP) is 3.88. The van der Waals surface area contributed by atoms with Crippen LogP contribution in [0.4, 0.5) is 11.4 Å². The van der Waals surface area contributed by atoms with Gasteiger partial charge in [-0.2, -0.15) is 0 Å². The molecule has 0 bridgehead atoms. The van der Waals surface area contributed by atoms with E-state index in [1.165, 1.54) is 36.4 Å². The molecule has 2 aromatic heterocycles. The highest BCUT2D eigenvalue weighted by Crippen LogP contribution is 2.28. The first-order valence-corrected chi connectivity index (χ1v) is 15.5. The van der Waals surface area contributed by atoms with Gasteiger partial charge in [0.15, 0.2) is 5.78 Å². The lowest BCUT2D eigenvalue weighted by Gasteiger charge is -2.14. The van der Waals surface area contributed by atoms with Gasteiger partial charge in [0.1, 0.15) is 8.42 Å². The smallest absolute Gasteiger partial charge is 0.271 e. The molecule has 4 N–H and O–H groups in total. The molecule has 10 nitrogen and oxygen atoms in total. The van der Waals surface area contributed by atoms with Gasteiger partial charge in [0.05, 0.1) is 17.1 Å². The van der Waals surface area contributed by atoms with Gasteiger partial charge >= 0.3 is 0 Å². The Morgan fingerprint density at radius 2 is 1.26 bits per heavy atom. The van der Waals surface area contributed by atoms with Gasteiger partial charge in [-0.25, -0.2) is 16.8 Å². The van der Waals surface area contributed by atoms with Crippen LogP contribution in [0.3, 0.4) is 0 Å². The second kappa shape index (κ2) is 10.1. The van der Waals surface area contributed by atoms with Gasteiger partial charge in [0.25, 0.3) is 26.0 Å². The molecule has 4 aromatic rings. The van der Waals surface area contributed by atoms with Crippen molar-refractivity contribution >= 4 is 71.5 Å². The molecule has 38 heavy (non-hydrogen) atoms. The third-order valence-electron chi connectivity index (χ3n) is 5.29. The van der Waals surface area contributed by atoms with Crippen molar-refractivity contribution < 1.29 is 26.4 Å². The van der Waals surface area contributed by atoms with Crippen LogP contribution in [0.2, 0.25) is 0 Å². The average Bonchev–Trinajstić information content (AvgIpc) is 3.64. The minimum absolute atomic E-state index is 0.0319. The number of hydrogen-bond acceptors (Lipinski definition) is 9. The highest BCUT2D eigenvalue weighted by atomic mass is 32.3. The maximum absolute atomic E-state index is 13.1. The number of hydrazine groups is 1. The standard InChI is InChI=1S/C24H18N4O6S4/c29-21-14-20(18-5-1-2-6-19(18)21)25-26-24(30)15-11-16(27-37(31,32)22-7-3-9-35-22)13-17(12-15)28-38(33,34)23-8-4-10-36-23/h1-14,25,27-28H,(H,26,30). The molecule has 0 unspecified atom stereocenters. The molecule has 0 saturated heterocycles. The van der Waals surface area contributed by atoms with E-state index in [1.54, 1.807) is 47.2 Å². The summed E-state index contributed by atoms with van der Waals surface area (Å²) in [6.07, 6.45) is 1.34. The van der Waals surface area contributed by atoms with Crippen LogP contribution < -0.4 is 20.3 Å². The van der Waals surface area contributed by atoms with Crippen LogP contribution in [0.1, 0.15) is 26.3 Å². The molecule has 0 atom stereocenters. The third kappa shape index (κ3) is 5.33. The number of anilines is 2. The number of carbonyl (C=O) groups excluding carboxylic acids is 2. The minimum Gasteiger partial charge on any atom is -0.298 e. The number of amides is 1. The molecule has 2 aromatic carbocycles. The van der Waals surface area contributed by atoms with E-state index < -0.39 is 26.0 Å². The number of sulfonamides is 2. The Balaban J connectivity index is 1.43. The molecule has 1 aliphatic carbocycles. The normalized spacial score (nSPS) is 12.9. The van der Waals surface area contributed by atoms with Crippen molar-refractivity contribution in [3.8, 4) is 0 Å². The van der Waals surface area contributed by atoms with Crippen LogP contribution in [0.25, 0.3) is 5.70 Å². The first kappa shape index (κ1) is 25.7. The fourth-order valence-corrected chi connectivity index (χ4v) is 7.71. The number of rotatable bonds is 9. The molecule has 0 aliphatic heterocycles. The third-order valence-corrected chi connectivity index (χ3v) is 10.8. The van der Waals surface area contributed by atoms with E-state index in [4.69, 9.17) is 0 Å². The summed E-state index contributed by atoms with van der Waals surface area (Å²) < 4.78 is 56.0. The number of nitrogens with one attached hydrogen (secondary N) is 4. The maximum Gasteiger partial charge on any atom is 0.271 e. The molecule has 0 saturated carbocycles. The summed E-state index contributed by atoms with van der Waals surface area (Å²) in [7, 11) is -7.96. The van der Waals surface area contributed by atoms with E-state index in [0.29, 0.717) is 16.8 Å². The van der Waals surface area contributed by atoms with Crippen molar-refractivity contribution in [2.45, 2.75) is 8.42 Å². The van der Waals surface area contributed by atoms with Gasteiger partial charge in [0.2, 0.25) is 0 Å². The summed E-state index contributed by atoms with van der Waals surface area (Å²) in [5.74, 6) is -0.913. The van der Waals surface area contributed by atoms with E-state index in [0.717, 1.165) is 22.7 Å². The summed E-state index contributed by atoms with van der Waals surface area (Å²) in [4.78, 5) is 25.2. The number of carbonyl (C=O) groups is 2. The summed E-state index contributed by atoms with van der Waals surface area (Å²) in [5.41, 5.74) is 6.56. The number of allylic oxidation sites excluding steroid dienone is 1. The van der Waals surface area contributed by atoms with Crippen molar-refractivity contribution in [2.75, 3.05) is 9.44 Å². The van der Waals surface area contributed by atoms with E-state index in [1.807, 2.05) is 0 Å². The number of ketones is 1. The lowest BCUT2D eigenvalue weighted by Crippen LogP contribution is -2.36. The molecule has 5 rings (SSSR count). The number of hydrogen-bond donors (Lipinski definition) is 4. The van der Waals surface area contributed by atoms with Crippen LogP contribution in [0, 0.1) is 0 Å². The molecule has 2 heterocycles. The molecule has 0 radical (unpaired) electrons. The second-order valence-corrected chi connectivity index (χ2v) is 13.6. The predicted molar refractivity (Wildman–Crippen MR) is 146 cm³/mol. The first-order valence-electron chi connectivity index (χ1n) is 10.8. The number of benzene rings is 2. The van der Waals surface area contributed by atoms with Crippen LogP contribution in [0.5, 0.6) is 0 Å². The van der Waals surface area contributed by atoms with Crippen molar-refractivity contribution in [3.05, 3.63) is 100 Å². The molecule has 1 amide bonds. The Bertz CT molecular complexity index is 1690. The lowest BCUT2D eigenvalue weighted by atomic mass is 10.1. The first-order chi connectivity index (χ1) is 18.1. The summed E-state index contributed by atoms with van der Waals surface area (Å²) in [6.45, 7) is 0.